The zero-order chi connectivity index (χ0) is 15.0. The van der Waals surface area contributed by atoms with Crippen LogP contribution in [0.25, 0.3) is 0 Å². The Morgan fingerprint density at radius 3 is 2.35 bits per heavy atom. The summed E-state index contributed by atoms with van der Waals surface area (Å²) in [5, 5.41) is 8.75. The molecule has 1 aromatic rings. The molecule has 0 atom stereocenters. The molecule has 0 aromatic heterocycles. The van der Waals surface area contributed by atoms with Gasteiger partial charge in [-0.15, -0.1) is 0 Å². The summed E-state index contributed by atoms with van der Waals surface area (Å²) in [6.07, 6.45) is 1.39. The van der Waals surface area contributed by atoms with Crippen molar-refractivity contribution in [3.05, 3.63) is 35.4 Å². The Hall–Kier alpha value is -1.86. The fourth-order valence-electron chi connectivity index (χ4n) is 2.02. The Balaban J connectivity index is 2.51. The molecule has 0 fully saturated rings. The summed E-state index contributed by atoms with van der Waals surface area (Å²) in [5.74, 6) is 0.149. The minimum atomic E-state index is 0.149. The maximum atomic E-state index is 12.2. The molecule has 0 aliphatic rings. The molecule has 20 heavy (non-hydrogen) atoms. The molecule has 0 N–H and O–H groups in total. The Morgan fingerprint density at radius 2 is 1.85 bits per heavy atom. The summed E-state index contributed by atoms with van der Waals surface area (Å²) in [7, 11) is 4.07. The van der Waals surface area contributed by atoms with E-state index in [1.54, 1.807) is 12.1 Å². The molecule has 1 rings (SSSR count). The highest BCUT2D eigenvalue weighted by Crippen LogP contribution is 2.06. The van der Waals surface area contributed by atoms with Crippen LogP contribution >= 0.6 is 0 Å². The number of nitrogens with zero attached hydrogens (tertiary/aromatic N) is 3. The second-order valence-corrected chi connectivity index (χ2v) is 5.12. The number of carbonyl (C=O) groups excluding carboxylic acids is 1. The quantitative estimate of drug-likeness (QED) is 0.762. The van der Waals surface area contributed by atoms with Gasteiger partial charge >= 0.3 is 0 Å². The number of hydrogen-bond acceptors (Lipinski definition) is 3. The fourth-order valence-corrected chi connectivity index (χ4v) is 2.02. The van der Waals surface area contributed by atoms with Gasteiger partial charge in [-0.1, -0.05) is 12.1 Å². The number of benzene rings is 1. The number of likely N-dealkylation sites (N-methyl/N-ethyl adjacent to an activating group) is 1. The summed E-state index contributed by atoms with van der Waals surface area (Å²) in [6, 6.07) is 9.29. The van der Waals surface area contributed by atoms with Crippen LogP contribution in [0.2, 0.25) is 0 Å². The summed E-state index contributed by atoms with van der Waals surface area (Å²) >= 11 is 0. The van der Waals surface area contributed by atoms with Gasteiger partial charge in [0.2, 0.25) is 5.91 Å². The van der Waals surface area contributed by atoms with Crippen LogP contribution in [-0.4, -0.2) is 49.4 Å². The molecule has 0 spiro atoms. The molecule has 0 aliphatic heterocycles. The zero-order valence-corrected chi connectivity index (χ0v) is 12.6. The van der Waals surface area contributed by atoms with Crippen molar-refractivity contribution in [1.82, 2.24) is 9.80 Å². The molecular weight excluding hydrogens is 250 g/mol. The van der Waals surface area contributed by atoms with E-state index in [1.807, 2.05) is 38.1 Å². The van der Waals surface area contributed by atoms with E-state index in [9.17, 15) is 4.79 Å². The maximum absolute atomic E-state index is 12.2. The highest BCUT2D eigenvalue weighted by atomic mass is 16.2. The van der Waals surface area contributed by atoms with Crippen molar-refractivity contribution in [2.45, 2.75) is 19.8 Å². The molecule has 108 valence electrons. The van der Waals surface area contributed by atoms with Gasteiger partial charge in [0.25, 0.3) is 0 Å². The van der Waals surface area contributed by atoms with Crippen molar-refractivity contribution >= 4 is 5.91 Å². The second-order valence-electron chi connectivity index (χ2n) is 5.12. The van der Waals surface area contributed by atoms with Gasteiger partial charge in [0.1, 0.15) is 0 Å². The van der Waals surface area contributed by atoms with Crippen molar-refractivity contribution in [3.8, 4) is 6.07 Å². The number of rotatable bonds is 7. The first-order chi connectivity index (χ1) is 9.56. The lowest BCUT2D eigenvalue weighted by molar-refractivity contribution is -0.130. The third-order valence-electron chi connectivity index (χ3n) is 3.21. The summed E-state index contributed by atoms with van der Waals surface area (Å²) in [4.78, 5) is 16.2. The van der Waals surface area contributed by atoms with E-state index < -0.39 is 0 Å². The molecule has 0 aliphatic carbocycles. The molecule has 1 amide bonds. The second kappa shape index (κ2) is 8.34. The minimum Gasteiger partial charge on any atom is -0.343 e. The maximum Gasteiger partial charge on any atom is 0.226 e. The van der Waals surface area contributed by atoms with E-state index >= 15 is 0 Å². The van der Waals surface area contributed by atoms with Gasteiger partial charge < -0.3 is 9.80 Å². The van der Waals surface area contributed by atoms with E-state index in [0.29, 0.717) is 12.0 Å². The molecule has 0 bridgehead atoms. The van der Waals surface area contributed by atoms with E-state index in [-0.39, 0.29) is 5.91 Å². The monoisotopic (exact) mass is 273 g/mol. The van der Waals surface area contributed by atoms with Gasteiger partial charge in [0.15, 0.2) is 0 Å². The topological polar surface area (TPSA) is 47.3 Å². The lowest BCUT2D eigenvalue weighted by Gasteiger charge is -2.22. The summed E-state index contributed by atoms with van der Waals surface area (Å²) in [6.45, 7) is 4.53. The first kappa shape index (κ1) is 16.2. The number of carbonyl (C=O) groups is 1. The lowest BCUT2D eigenvalue weighted by Crippen LogP contribution is -2.34. The van der Waals surface area contributed by atoms with E-state index in [4.69, 9.17) is 5.26 Å². The van der Waals surface area contributed by atoms with Crippen LogP contribution in [0.3, 0.4) is 0 Å². The molecule has 4 nitrogen and oxygen atoms in total. The van der Waals surface area contributed by atoms with Gasteiger partial charge in [-0.3, -0.25) is 4.79 Å². The largest absolute Gasteiger partial charge is 0.343 e. The Bertz CT molecular complexity index is 460. The smallest absolute Gasteiger partial charge is 0.226 e. The van der Waals surface area contributed by atoms with Crippen LogP contribution in [0.15, 0.2) is 24.3 Å². The molecule has 0 unspecified atom stereocenters. The summed E-state index contributed by atoms with van der Waals surface area (Å²) in [5.41, 5.74) is 1.58. The minimum absolute atomic E-state index is 0.149. The average Bonchev–Trinajstić information content (AvgIpc) is 2.44. The van der Waals surface area contributed by atoms with Crippen molar-refractivity contribution in [2.75, 3.05) is 33.7 Å². The number of nitriles is 1. The zero-order valence-electron chi connectivity index (χ0n) is 12.6. The molecule has 0 heterocycles. The van der Waals surface area contributed by atoms with Gasteiger partial charge in [-0.05, 0) is 51.7 Å². The first-order valence-electron chi connectivity index (χ1n) is 6.98. The third-order valence-corrected chi connectivity index (χ3v) is 3.21. The third kappa shape index (κ3) is 5.41. The predicted octanol–water partition coefficient (Wildman–Crippen LogP) is 1.90. The molecular formula is C16H23N3O. The number of hydrogen-bond donors (Lipinski definition) is 0. The van der Waals surface area contributed by atoms with Gasteiger partial charge in [0, 0.05) is 13.1 Å². The molecule has 4 heteroatoms. The van der Waals surface area contributed by atoms with Gasteiger partial charge in [-0.2, -0.15) is 5.26 Å². The first-order valence-corrected chi connectivity index (χ1v) is 6.98. The Kier molecular flexibility index (Phi) is 6.75. The van der Waals surface area contributed by atoms with Crippen molar-refractivity contribution in [3.63, 3.8) is 0 Å². The lowest BCUT2D eigenvalue weighted by atomic mass is 10.1. The van der Waals surface area contributed by atoms with Crippen LogP contribution in [0.1, 0.15) is 24.5 Å². The van der Waals surface area contributed by atoms with Gasteiger partial charge in [-0.25, -0.2) is 0 Å². The molecule has 0 saturated heterocycles. The fraction of sp³-hybridized carbons (Fsp3) is 0.500. The molecule has 0 saturated carbocycles. The predicted molar refractivity (Wildman–Crippen MR) is 80.3 cm³/mol. The van der Waals surface area contributed by atoms with Crippen molar-refractivity contribution in [2.24, 2.45) is 0 Å². The van der Waals surface area contributed by atoms with E-state index in [0.717, 1.165) is 31.6 Å². The van der Waals surface area contributed by atoms with Crippen molar-refractivity contribution < 1.29 is 4.79 Å². The van der Waals surface area contributed by atoms with Crippen LogP contribution in [0, 0.1) is 11.3 Å². The van der Waals surface area contributed by atoms with Crippen LogP contribution in [0.5, 0.6) is 0 Å². The summed E-state index contributed by atoms with van der Waals surface area (Å²) < 4.78 is 0. The van der Waals surface area contributed by atoms with Crippen LogP contribution in [-0.2, 0) is 11.2 Å². The Morgan fingerprint density at radius 1 is 1.20 bits per heavy atom. The highest BCUT2D eigenvalue weighted by molar-refractivity contribution is 5.78. The number of amides is 1. The van der Waals surface area contributed by atoms with Crippen LogP contribution in [0.4, 0.5) is 0 Å². The average molecular weight is 273 g/mol. The van der Waals surface area contributed by atoms with Crippen LogP contribution < -0.4 is 0 Å². The van der Waals surface area contributed by atoms with Gasteiger partial charge in [0.05, 0.1) is 18.1 Å². The molecule has 1 aromatic carbocycles. The highest BCUT2D eigenvalue weighted by Gasteiger charge is 2.12. The normalized spacial score (nSPS) is 10.3. The SMILES string of the molecule is CCN(CCCN(C)C)C(=O)Cc1ccc(C#N)cc1. The van der Waals surface area contributed by atoms with Crippen molar-refractivity contribution in [1.29, 1.82) is 5.26 Å². The van der Waals surface area contributed by atoms with E-state index in [1.165, 1.54) is 0 Å². The standard InChI is InChI=1S/C16H23N3O/c1-4-19(11-5-10-18(2)3)16(20)12-14-6-8-15(13-17)9-7-14/h6-9H,4-5,10-12H2,1-3H3. The molecule has 0 radical (unpaired) electrons. The Labute approximate surface area is 121 Å². The van der Waals surface area contributed by atoms with E-state index in [2.05, 4.69) is 11.0 Å².